The molecule has 0 spiro atoms. The van der Waals surface area contributed by atoms with Gasteiger partial charge in [-0.25, -0.2) is 13.2 Å². The summed E-state index contributed by atoms with van der Waals surface area (Å²) in [6.45, 7) is 4.83. The minimum atomic E-state index is -0.686. The molecule has 4 heteroatoms. The number of halogens is 3. The first-order chi connectivity index (χ1) is 10.0. The van der Waals surface area contributed by atoms with Gasteiger partial charge >= 0.3 is 0 Å². The summed E-state index contributed by atoms with van der Waals surface area (Å²) in [5.74, 6) is -1.68. The van der Waals surface area contributed by atoms with E-state index in [2.05, 4.69) is 5.32 Å². The number of hydrogen-bond acceptors (Lipinski definition) is 1. The van der Waals surface area contributed by atoms with Crippen molar-refractivity contribution in [3.8, 4) is 11.1 Å². The van der Waals surface area contributed by atoms with Gasteiger partial charge in [-0.2, -0.15) is 0 Å². The summed E-state index contributed by atoms with van der Waals surface area (Å²) in [5.41, 5.74) is 1.49. The van der Waals surface area contributed by atoms with Crippen LogP contribution in [-0.2, 0) is 6.54 Å². The molecule has 2 rings (SSSR count). The zero-order valence-corrected chi connectivity index (χ0v) is 12.1. The van der Waals surface area contributed by atoms with E-state index in [-0.39, 0.29) is 5.56 Å². The topological polar surface area (TPSA) is 12.0 Å². The van der Waals surface area contributed by atoms with Crippen molar-refractivity contribution in [1.82, 2.24) is 5.32 Å². The number of nitrogens with one attached hydrogen (secondary N) is 1. The first-order valence-electron chi connectivity index (χ1n) is 6.98. The lowest BCUT2D eigenvalue weighted by atomic mass is 10.0. The summed E-state index contributed by atoms with van der Waals surface area (Å²) in [6, 6.07) is 6.81. The van der Waals surface area contributed by atoms with Crippen molar-refractivity contribution in [2.45, 2.75) is 26.8 Å². The Bertz CT molecular complexity index is 638. The Morgan fingerprint density at radius 1 is 0.952 bits per heavy atom. The van der Waals surface area contributed by atoms with E-state index in [1.165, 1.54) is 12.1 Å². The van der Waals surface area contributed by atoms with Crippen molar-refractivity contribution in [2.24, 2.45) is 0 Å². The molecule has 0 aliphatic heterocycles. The Kier molecular flexibility index (Phi) is 5.02. The molecule has 0 aromatic heterocycles. The Morgan fingerprint density at radius 2 is 1.71 bits per heavy atom. The molecule has 0 saturated heterocycles. The average Bonchev–Trinajstić information content (AvgIpc) is 2.45. The van der Waals surface area contributed by atoms with Crippen LogP contribution >= 0.6 is 0 Å². The highest BCUT2D eigenvalue weighted by atomic mass is 19.1. The van der Waals surface area contributed by atoms with Crippen LogP contribution in [0, 0.1) is 24.4 Å². The van der Waals surface area contributed by atoms with Crippen molar-refractivity contribution < 1.29 is 13.2 Å². The van der Waals surface area contributed by atoms with Gasteiger partial charge in [-0.3, -0.25) is 0 Å². The molecular weight excluding hydrogens is 275 g/mol. The van der Waals surface area contributed by atoms with Gasteiger partial charge in [-0.1, -0.05) is 19.1 Å². The molecule has 1 nitrogen and oxygen atoms in total. The second-order valence-corrected chi connectivity index (χ2v) is 5.06. The van der Waals surface area contributed by atoms with Crippen LogP contribution in [0.2, 0.25) is 0 Å². The first-order valence-corrected chi connectivity index (χ1v) is 6.98. The normalized spacial score (nSPS) is 10.9. The Balaban J connectivity index is 2.30. The zero-order valence-electron chi connectivity index (χ0n) is 12.1. The molecule has 0 aliphatic carbocycles. The van der Waals surface area contributed by atoms with Crippen LogP contribution in [0.5, 0.6) is 0 Å². The Labute approximate surface area is 122 Å². The van der Waals surface area contributed by atoms with Crippen molar-refractivity contribution in [3.05, 3.63) is 58.9 Å². The molecule has 0 heterocycles. The maximum absolute atomic E-state index is 14.0. The van der Waals surface area contributed by atoms with Crippen LogP contribution in [0.15, 0.2) is 30.3 Å². The summed E-state index contributed by atoms with van der Waals surface area (Å²) >= 11 is 0. The van der Waals surface area contributed by atoms with Gasteiger partial charge in [0.15, 0.2) is 0 Å². The minimum Gasteiger partial charge on any atom is -0.313 e. The Hall–Kier alpha value is -1.81. The van der Waals surface area contributed by atoms with Crippen molar-refractivity contribution >= 4 is 0 Å². The highest BCUT2D eigenvalue weighted by Gasteiger charge is 2.11. The number of rotatable bonds is 5. The Morgan fingerprint density at radius 3 is 2.38 bits per heavy atom. The van der Waals surface area contributed by atoms with E-state index in [9.17, 15) is 13.2 Å². The largest absolute Gasteiger partial charge is 0.313 e. The monoisotopic (exact) mass is 293 g/mol. The second kappa shape index (κ2) is 6.76. The third-order valence-electron chi connectivity index (χ3n) is 3.35. The fourth-order valence-electron chi connectivity index (χ4n) is 2.14. The molecule has 0 aliphatic rings. The molecule has 2 aromatic rings. The smallest absolute Gasteiger partial charge is 0.133 e. The zero-order chi connectivity index (χ0) is 15.4. The molecule has 0 atom stereocenters. The predicted molar refractivity (Wildman–Crippen MR) is 78.5 cm³/mol. The van der Waals surface area contributed by atoms with Gasteiger partial charge < -0.3 is 5.32 Å². The predicted octanol–water partition coefficient (Wildman–Crippen LogP) is 4.58. The molecule has 0 saturated carbocycles. The molecule has 0 radical (unpaired) electrons. The molecule has 0 bridgehead atoms. The summed E-state index contributed by atoms with van der Waals surface area (Å²) in [7, 11) is 0. The van der Waals surface area contributed by atoms with Gasteiger partial charge in [0, 0.05) is 23.7 Å². The SMILES string of the molecule is CCCNCc1ccc(-c2cc(C)c(F)cc2F)cc1F. The van der Waals surface area contributed by atoms with E-state index in [0.717, 1.165) is 19.0 Å². The van der Waals surface area contributed by atoms with Crippen LogP contribution in [0.4, 0.5) is 13.2 Å². The molecule has 112 valence electrons. The third kappa shape index (κ3) is 3.64. The third-order valence-corrected chi connectivity index (χ3v) is 3.35. The van der Waals surface area contributed by atoms with Crippen LogP contribution in [0.3, 0.4) is 0 Å². The highest BCUT2D eigenvalue weighted by molar-refractivity contribution is 5.65. The number of benzene rings is 2. The van der Waals surface area contributed by atoms with Crippen LogP contribution in [0.25, 0.3) is 11.1 Å². The summed E-state index contributed by atoms with van der Waals surface area (Å²) < 4.78 is 41.1. The van der Waals surface area contributed by atoms with E-state index >= 15 is 0 Å². The molecule has 1 N–H and O–H groups in total. The summed E-state index contributed by atoms with van der Waals surface area (Å²) in [6.07, 6.45) is 0.972. The summed E-state index contributed by atoms with van der Waals surface area (Å²) in [4.78, 5) is 0. The minimum absolute atomic E-state index is 0.209. The lowest BCUT2D eigenvalue weighted by molar-refractivity contribution is 0.578. The molecule has 0 fully saturated rings. The van der Waals surface area contributed by atoms with E-state index < -0.39 is 17.5 Å². The molecule has 21 heavy (non-hydrogen) atoms. The lowest BCUT2D eigenvalue weighted by Crippen LogP contribution is -2.14. The standard InChI is InChI=1S/C17H18F3N/c1-3-6-21-10-13-5-4-12(8-16(13)19)14-7-11(2)15(18)9-17(14)20/h4-5,7-9,21H,3,6,10H2,1-2H3. The molecule has 2 aromatic carbocycles. The van der Waals surface area contributed by atoms with Gasteiger partial charge in [0.2, 0.25) is 0 Å². The first kappa shape index (κ1) is 15.6. The van der Waals surface area contributed by atoms with Gasteiger partial charge in [-0.05, 0) is 43.1 Å². The number of hydrogen-bond donors (Lipinski definition) is 1. The van der Waals surface area contributed by atoms with E-state index in [0.29, 0.717) is 23.2 Å². The van der Waals surface area contributed by atoms with Crippen molar-refractivity contribution in [3.63, 3.8) is 0 Å². The fourth-order valence-corrected chi connectivity index (χ4v) is 2.14. The van der Waals surface area contributed by atoms with Crippen molar-refractivity contribution in [1.29, 1.82) is 0 Å². The van der Waals surface area contributed by atoms with Gasteiger partial charge in [0.25, 0.3) is 0 Å². The average molecular weight is 293 g/mol. The van der Waals surface area contributed by atoms with Crippen LogP contribution in [-0.4, -0.2) is 6.54 Å². The lowest BCUT2D eigenvalue weighted by Gasteiger charge is -2.09. The van der Waals surface area contributed by atoms with E-state index in [1.54, 1.807) is 19.1 Å². The van der Waals surface area contributed by atoms with Gasteiger partial charge in [0.05, 0.1) is 0 Å². The summed E-state index contributed by atoms with van der Waals surface area (Å²) in [5, 5.41) is 3.12. The maximum atomic E-state index is 14.0. The highest BCUT2D eigenvalue weighted by Crippen LogP contribution is 2.27. The molecular formula is C17H18F3N. The van der Waals surface area contributed by atoms with Gasteiger partial charge in [0.1, 0.15) is 17.5 Å². The number of aryl methyl sites for hydroxylation is 1. The van der Waals surface area contributed by atoms with Gasteiger partial charge in [-0.15, -0.1) is 0 Å². The van der Waals surface area contributed by atoms with Crippen LogP contribution in [0.1, 0.15) is 24.5 Å². The van der Waals surface area contributed by atoms with Crippen molar-refractivity contribution in [2.75, 3.05) is 6.54 Å². The quantitative estimate of drug-likeness (QED) is 0.796. The van der Waals surface area contributed by atoms with Crippen LogP contribution < -0.4 is 5.32 Å². The molecule has 0 unspecified atom stereocenters. The van der Waals surface area contributed by atoms with E-state index in [4.69, 9.17) is 0 Å². The maximum Gasteiger partial charge on any atom is 0.133 e. The molecule has 0 amide bonds. The van der Waals surface area contributed by atoms with E-state index in [1.807, 2.05) is 6.92 Å². The second-order valence-electron chi connectivity index (χ2n) is 5.06. The fraction of sp³-hybridized carbons (Fsp3) is 0.294.